The highest BCUT2D eigenvalue weighted by Gasteiger charge is 2.25. The average molecular weight is 398 g/mol. The molecule has 1 aromatic carbocycles. The van der Waals surface area contributed by atoms with Crippen LogP contribution in [0.25, 0.3) is 0 Å². The molecule has 0 radical (unpaired) electrons. The standard InChI is InChI=1S/C12H16BrNO5S2/c1-19-11-4-3-8(7-9(11)13)21(17,18)14-10(12(15)16)5-6-20-2/h3-4,7,10,14H,5-6H2,1-2H3,(H,15,16). The van der Waals surface area contributed by atoms with Crippen LogP contribution in [-0.4, -0.2) is 44.7 Å². The second-order valence-corrected chi connectivity index (χ2v) is 7.64. The minimum atomic E-state index is -3.91. The monoisotopic (exact) mass is 397 g/mol. The lowest BCUT2D eigenvalue weighted by atomic mass is 10.2. The molecule has 1 unspecified atom stereocenters. The molecule has 2 N–H and O–H groups in total. The molecule has 0 aromatic heterocycles. The number of methoxy groups -OCH3 is 1. The zero-order valence-electron chi connectivity index (χ0n) is 11.5. The Balaban J connectivity index is 2.99. The number of hydrogen-bond donors (Lipinski definition) is 2. The second kappa shape index (κ2) is 8.02. The fraction of sp³-hybridized carbons (Fsp3) is 0.417. The molecule has 0 amide bonds. The molecule has 0 spiro atoms. The predicted molar refractivity (Wildman–Crippen MR) is 85.4 cm³/mol. The first-order valence-corrected chi connectivity index (χ1v) is 9.56. The number of thioether (sulfide) groups is 1. The number of carbonyl (C=O) groups is 1. The topological polar surface area (TPSA) is 92.7 Å². The van der Waals surface area contributed by atoms with Gasteiger partial charge in [0, 0.05) is 0 Å². The Morgan fingerprint density at radius 2 is 2.19 bits per heavy atom. The van der Waals surface area contributed by atoms with Crippen molar-refractivity contribution < 1.29 is 23.1 Å². The number of nitrogens with one attached hydrogen (secondary N) is 1. The van der Waals surface area contributed by atoms with Crippen molar-refractivity contribution in [2.45, 2.75) is 17.4 Å². The minimum Gasteiger partial charge on any atom is -0.496 e. The number of hydrogen-bond acceptors (Lipinski definition) is 5. The normalized spacial score (nSPS) is 12.9. The molecule has 1 rings (SSSR count). The Morgan fingerprint density at radius 3 is 2.67 bits per heavy atom. The summed E-state index contributed by atoms with van der Waals surface area (Å²) in [6.45, 7) is 0. The van der Waals surface area contributed by atoms with Gasteiger partial charge in [0.1, 0.15) is 11.8 Å². The first kappa shape index (κ1) is 18.3. The number of ether oxygens (including phenoxy) is 1. The van der Waals surface area contributed by atoms with Crippen molar-refractivity contribution in [2.75, 3.05) is 19.1 Å². The van der Waals surface area contributed by atoms with Gasteiger partial charge in [0.2, 0.25) is 10.0 Å². The van der Waals surface area contributed by atoms with Gasteiger partial charge < -0.3 is 9.84 Å². The molecular weight excluding hydrogens is 382 g/mol. The average Bonchev–Trinajstić information content (AvgIpc) is 2.43. The largest absolute Gasteiger partial charge is 0.496 e. The summed E-state index contributed by atoms with van der Waals surface area (Å²) in [7, 11) is -2.44. The van der Waals surface area contributed by atoms with Gasteiger partial charge in [0.05, 0.1) is 16.5 Å². The molecule has 0 heterocycles. The molecule has 6 nitrogen and oxygen atoms in total. The molecule has 0 saturated carbocycles. The summed E-state index contributed by atoms with van der Waals surface area (Å²) in [5.74, 6) is -0.155. The van der Waals surface area contributed by atoms with Gasteiger partial charge in [-0.05, 0) is 52.6 Å². The number of rotatable bonds is 8. The number of benzene rings is 1. The van der Waals surface area contributed by atoms with E-state index in [-0.39, 0.29) is 11.3 Å². The van der Waals surface area contributed by atoms with Crippen molar-refractivity contribution in [1.29, 1.82) is 0 Å². The van der Waals surface area contributed by atoms with E-state index in [1.807, 2.05) is 6.26 Å². The van der Waals surface area contributed by atoms with Gasteiger partial charge in [-0.2, -0.15) is 16.5 Å². The molecule has 118 valence electrons. The molecular formula is C12H16BrNO5S2. The van der Waals surface area contributed by atoms with Crippen LogP contribution in [0.2, 0.25) is 0 Å². The zero-order chi connectivity index (χ0) is 16.0. The van der Waals surface area contributed by atoms with Crippen molar-refractivity contribution in [3.63, 3.8) is 0 Å². The summed E-state index contributed by atoms with van der Waals surface area (Å²) in [6.07, 6.45) is 2.04. The maximum atomic E-state index is 12.2. The van der Waals surface area contributed by atoms with Crippen molar-refractivity contribution in [3.05, 3.63) is 22.7 Å². The fourth-order valence-electron chi connectivity index (χ4n) is 1.54. The highest BCUT2D eigenvalue weighted by Crippen LogP contribution is 2.27. The summed E-state index contributed by atoms with van der Waals surface area (Å²) in [5, 5.41) is 9.08. The summed E-state index contributed by atoms with van der Waals surface area (Å²) < 4.78 is 32.1. The first-order chi connectivity index (χ1) is 9.81. The van der Waals surface area contributed by atoms with Crippen molar-refractivity contribution in [2.24, 2.45) is 0 Å². The van der Waals surface area contributed by atoms with E-state index in [0.717, 1.165) is 0 Å². The van der Waals surface area contributed by atoms with Crippen LogP contribution in [0.3, 0.4) is 0 Å². The van der Waals surface area contributed by atoms with Crippen LogP contribution in [-0.2, 0) is 14.8 Å². The third-order valence-corrected chi connectivity index (χ3v) is 5.37. The van der Waals surface area contributed by atoms with E-state index in [4.69, 9.17) is 9.84 Å². The smallest absolute Gasteiger partial charge is 0.321 e. The van der Waals surface area contributed by atoms with E-state index >= 15 is 0 Å². The summed E-state index contributed by atoms with van der Waals surface area (Å²) in [5.41, 5.74) is 0. The molecule has 0 aliphatic rings. The van der Waals surface area contributed by atoms with E-state index in [0.29, 0.717) is 16.0 Å². The van der Waals surface area contributed by atoms with Gasteiger partial charge in [-0.1, -0.05) is 0 Å². The van der Waals surface area contributed by atoms with Crippen LogP contribution in [0.4, 0.5) is 0 Å². The van der Waals surface area contributed by atoms with Crippen molar-refractivity contribution in [1.82, 2.24) is 4.72 Å². The highest BCUT2D eigenvalue weighted by molar-refractivity contribution is 9.10. The van der Waals surface area contributed by atoms with E-state index < -0.39 is 22.0 Å². The van der Waals surface area contributed by atoms with E-state index in [1.165, 1.54) is 37.1 Å². The minimum absolute atomic E-state index is 0.0226. The van der Waals surface area contributed by atoms with Gasteiger partial charge in [0.15, 0.2) is 0 Å². The number of carboxylic acid groups (broad SMARTS) is 1. The van der Waals surface area contributed by atoms with Crippen molar-refractivity contribution in [3.8, 4) is 5.75 Å². The molecule has 1 aromatic rings. The van der Waals surface area contributed by atoms with Gasteiger partial charge in [-0.15, -0.1) is 0 Å². The maximum Gasteiger partial charge on any atom is 0.321 e. The Morgan fingerprint density at radius 1 is 1.52 bits per heavy atom. The number of carboxylic acids is 1. The Kier molecular flexibility index (Phi) is 6.98. The second-order valence-electron chi connectivity index (χ2n) is 4.09. The number of sulfonamides is 1. The van der Waals surface area contributed by atoms with Crippen LogP contribution < -0.4 is 9.46 Å². The lowest BCUT2D eigenvalue weighted by molar-refractivity contribution is -0.139. The molecule has 0 bridgehead atoms. The lowest BCUT2D eigenvalue weighted by Crippen LogP contribution is -2.41. The van der Waals surface area contributed by atoms with Gasteiger partial charge in [-0.3, -0.25) is 4.79 Å². The fourth-order valence-corrected chi connectivity index (χ4v) is 3.95. The van der Waals surface area contributed by atoms with Gasteiger partial charge in [0.25, 0.3) is 0 Å². The molecule has 0 aliphatic heterocycles. The van der Waals surface area contributed by atoms with Crippen LogP contribution in [0.15, 0.2) is 27.6 Å². The highest BCUT2D eigenvalue weighted by atomic mass is 79.9. The van der Waals surface area contributed by atoms with Crippen LogP contribution >= 0.6 is 27.7 Å². The van der Waals surface area contributed by atoms with E-state index in [1.54, 1.807) is 0 Å². The molecule has 9 heteroatoms. The van der Waals surface area contributed by atoms with Gasteiger partial charge >= 0.3 is 5.97 Å². The Labute approximate surface area is 136 Å². The first-order valence-electron chi connectivity index (χ1n) is 5.89. The third kappa shape index (κ3) is 5.17. The quantitative estimate of drug-likeness (QED) is 0.696. The van der Waals surface area contributed by atoms with Crippen LogP contribution in [0, 0.1) is 0 Å². The molecule has 1 atom stereocenters. The van der Waals surface area contributed by atoms with Crippen LogP contribution in [0.5, 0.6) is 5.75 Å². The Hall–Kier alpha value is -0.770. The Bertz CT molecular complexity index is 606. The van der Waals surface area contributed by atoms with Gasteiger partial charge in [-0.25, -0.2) is 8.42 Å². The summed E-state index contributed by atoms with van der Waals surface area (Å²) in [4.78, 5) is 11.1. The molecule has 0 fully saturated rings. The summed E-state index contributed by atoms with van der Waals surface area (Å²) >= 11 is 4.65. The van der Waals surface area contributed by atoms with Crippen LogP contribution in [0.1, 0.15) is 6.42 Å². The summed E-state index contributed by atoms with van der Waals surface area (Å²) in [6, 6.07) is 3.08. The lowest BCUT2D eigenvalue weighted by Gasteiger charge is -2.15. The van der Waals surface area contributed by atoms with E-state index in [2.05, 4.69) is 20.7 Å². The maximum absolute atomic E-state index is 12.2. The molecule has 0 saturated heterocycles. The zero-order valence-corrected chi connectivity index (χ0v) is 14.7. The third-order valence-electron chi connectivity index (χ3n) is 2.64. The van der Waals surface area contributed by atoms with E-state index in [9.17, 15) is 13.2 Å². The predicted octanol–water partition coefficient (Wildman–Crippen LogP) is 1.94. The number of halogens is 1. The number of aliphatic carboxylic acids is 1. The SMILES string of the molecule is COc1ccc(S(=O)(=O)NC(CCSC)C(=O)O)cc1Br. The molecule has 0 aliphatic carbocycles. The molecule has 21 heavy (non-hydrogen) atoms. The van der Waals surface area contributed by atoms with Crippen molar-refractivity contribution >= 4 is 43.7 Å².